The summed E-state index contributed by atoms with van der Waals surface area (Å²) in [7, 11) is 0. The second-order valence-corrected chi connectivity index (χ2v) is 7.53. The first-order valence-electron chi connectivity index (χ1n) is 10.8. The van der Waals surface area contributed by atoms with E-state index in [0.717, 1.165) is 11.6 Å². The van der Waals surface area contributed by atoms with Crippen molar-refractivity contribution in [2.75, 3.05) is 0 Å². The van der Waals surface area contributed by atoms with Crippen LogP contribution in [0.15, 0.2) is 29.2 Å². The van der Waals surface area contributed by atoms with Gasteiger partial charge in [0.25, 0.3) is 0 Å². The number of ether oxygens (including phenoxy) is 2. The number of hydrogen-bond donors (Lipinski definition) is 1. The molecule has 2 heterocycles. The van der Waals surface area contributed by atoms with E-state index < -0.39 is 24.6 Å². The van der Waals surface area contributed by atoms with Crippen molar-refractivity contribution in [3.63, 3.8) is 0 Å². The van der Waals surface area contributed by atoms with Crippen molar-refractivity contribution in [3.05, 3.63) is 40.7 Å². The van der Waals surface area contributed by atoms with Gasteiger partial charge in [-0.25, -0.2) is 9.78 Å². The summed E-state index contributed by atoms with van der Waals surface area (Å²) in [5.41, 5.74) is -0.336. The third kappa shape index (κ3) is 4.97. The van der Waals surface area contributed by atoms with Gasteiger partial charge in [0, 0.05) is 18.8 Å². The lowest BCUT2D eigenvalue weighted by Crippen LogP contribution is -2.31. The molecule has 8 nitrogen and oxygen atoms in total. The number of benzene rings is 1. The molecule has 0 aliphatic rings. The first kappa shape index (κ1) is 24.6. The molecule has 180 valence electrons. The number of aromatic nitrogens is 4. The summed E-state index contributed by atoms with van der Waals surface area (Å²) in [6, 6.07) is 4.50. The smallest absolute Gasteiger partial charge is 0.425 e. The molecule has 0 unspecified atom stereocenters. The Morgan fingerprint density at radius 3 is 2.39 bits per heavy atom. The Labute approximate surface area is 188 Å². The van der Waals surface area contributed by atoms with E-state index in [2.05, 4.69) is 10.1 Å². The molecule has 0 aliphatic carbocycles. The zero-order valence-electron chi connectivity index (χ0n) is 18.9. The van der Waals surface area contributed by atoms with Crippen LogP contribution in [0.2, 0.25) is 0 Å². The Hall–Kier alpha value is -3.08. The Morgan fingerprint density at radius 1 is 1.15 bits per heavy atom. The Morgan fingerprint density at radius 2 is 1.85 bits per heavy atom. The number of hydrogen-bond acceptors (Lipinski definition) is 6. The van der Waals surface area contributed by atoms with Crippen molar-refractivity contribution in [1.29, 1.82) is 0 Å². The van der Waals surface area contributed by atoms with Gasteiger partial charge in [0.15, 0.2) is 11.9 Å². The van der Waals surface area contributed by atoms with Crippen LogP contribution in [0.4, 0.5) is 13.2 Å². The highest BCUT2D eigenvalue weighted by Crippen LogP contribution is 2.37. The molecule has 1 atom stereocenters. The zero-order valence-corrected chi connectivity index (χ0v) is 18.9. The van der Waals surface area contributed by atoms with Gasteiger partial charge in [-0.2, -0.15) is 17.9 Å². The molecule has 0 saturated heterocycles. The molecule has 3 rings (SSSR count). The van der Waals surface area contributed by atoms with Crippen LogP contribution in [0.5, 0.6) is 11.6 Å². The number of alkyl halides is 3. The van der Waals surface area contributed by atoms with Crippen LogP contribution >= 0.6 is 0 Å². The fourth-order valence-electron chi connectivity index (χ4n) is 3.45. The van der Waals surface area contributed by atoms with Crippen molar-refractivity contribution in [1.82, 2.24) is 19.3 Å². The lowest BCUT2D eigenvalue weighted by atomic mass is 10.1. The minimum atomic E-state index is -4.61. The van der Waals surface area contributed by atoms with Crippen LogP contribution in [0, 0.1) is 0 Å². The van der Waals surface area contributed by atoms with Crippen molar-refractivity contribution in [2.45, 2.75) is 72.1 Å². The van der Waals surface area contributed by atoms with Crippen LogP contribution in [0.1, 0.15) is 46.4 Å². The molecule has 1 aromatic carbocycles. The molecule has 11 heteroatoms. The first-order valence-corrected chi connectivity index (χ1v) is 10.8. The Balaban J connectivity index is 2.25. The predicted molar refractivity (Wildman–Crippen MR) is 116 cm³/mol. The Bertz CT molecular complexity index is 1170. The average molecular weight is 468 g/mol. The fraction of sp³-hybridized carbons (Fsp3) is 0.500. The van der Waals surface area contributed by atoms with Gasteiger partial charge in [-0.05, 0) is 44.2 Å². The first-order chi connectivity index (χ1) is 15.6. The quantitative estimate of drug-likeness (QED) is 0.511. The van der Waals surface area contributed by atoms with Crippen molar-refractivity contribution < 1.29 is 27.8 Å². The van der Waals surface area contributed by atoms with Gasteiger partial charge in [0.1, 0.15) is 12.4 Å². The average Bonchev–Trinajstić information content (AvgIpc) is 3.11. The highest BCUT2D eigenvalue weighted by molar-refractivity contribution is 5.94. The maximum atomic E-state index is 13.3. The number of halogens is 3. The van der Waals surface area contributed by atoms with E-state index in [-0.39, 0.29) is 41.2 Å². The predicted octanol–water partition coefficient (Wildman–Crippen LogP) is 3.99. The Kier molecular flexibility index (Phi) is 7.31. The van der Waals surface area contributed by atoms with Crippen LogP contribution in [0.3, 0.4) is 0 Å². The monoisotopic (exact) mass is 468 g/mol. The van der Waals surface area contributed by atoms with Gasteiger partial charge in [-0.15, -0.1) is 5.10 Å². The summed E-state index contributed by atoms with van der Waals surface area (Å²) in [5, 5.41) is 14.4. The molecule has 0 radical (unpaired) electrons. The largest absolute Gasteiger partial charge is 0.480 e. The molecule has 33 heavy (non-hydrogen) atoms. The SMILES string of the molecule is CCC(CC)Oc1nccc2cc(-n3nc(CO)n(CC)c3=O)cc(O[C@@H](C)C(F)(F)F)c12. The zero-order chi connectivity index (χ0) is 24.3. The molecule has 0 amide bonds. The van der Waals surface area contributed by atoms with E-state index >= 15 is 0 Å². The lowest BCUT2D eigenvalue weighted by molar-refractivity contribution is -0.189. The van der Waals surface area contributed by atoms with Crippen LogP contribution in [0.25, 0.3) is 16.5 Å². The molecule has 2 aromatic heterocycles. The minimum Gasteiger partial charge on any atom is -0.480 e. The number of pyridine rings is 1. The number of fused-ring (bicyclic) bond motifs is 1. The van der Waals surface area contributed by atoms with E-state index in [1.807, 2.05) is 13.8 Å². The topological polar surface area (TPSA) is 91.4 Å². The van der Waals surface area contributed by atoms with Gasteiger partial charge in [-0.3, -0.25) is 4.57 Å². The van der Waals surface area contributed by atoms with Crippen molar-refractivity contribution in [3.8, 4) is 17.3 Å². The van der Waals surface area contributed by atoms with Crippen LogP contribution in [-0.2, 0) is 13.2 Å². The summed E-state index contributed by atoms with van der Waals surface area (Å²) in [6.45, 7) is 6.31. The third-order valence-corrected chi connectivity index (χ3v) is 5.37. The number of aliphatic hydroxyl groups excluding tert-OH is 1. The molecule has 1 N–H and O–H groups in total. The highest BCUT2D eigenvalue weighted by atomic mass is 19.4. The maximum Gasteiger partial charge on any atom is 0.425 e. The molecule has 0 aliphatic heterocycles. The third-order valence-electron chi connectivity index (χ3n) is 5.37. The van der Waals surface area contributed by atoms with Gasteiger partial charge in [0.2, 0.25) is 5.88 Å². The second kappa shape index (κ2) is 9.82. The van der Waals surface area contributed by atoms with E-state index in [1.54, 1.807) is 19.1 Å². The van der Waals surface area contributed by atoms with Gasteiger partial charge < -0.3 is 14.6 Å². The lowest BCUT2D eigenvalue weighted by Gasteiger charge is -2.21. The summed E-state index contributed by atoms with van der Waals surface area (Å²) in [6.07, 6.45) is -4.04. The molecule has 0 spiro atoms. The van der Waals surface area contributed by atoms with E-state index in [9.17, 15) is 23.1 Å². The normalized spacial score (nSPS) is 13.0. The summed E-state index contributed by atoms with van der Waals surface area (Å²) < 4.78 is 53.6. The maximum absolute atomic E-state index is 13.3. The van der Waals surface area contributed by atoms with Crippen LogP contribution < -0.4 is 15.2 Å². The van der Waals surface area contributed by atoms with Gasteiger partial charge in [-0.1, -0.05) is 13.8 Å². The second-order valence-electron chi connectivity index (χ2n) is 7.53. The van der Waals surface area contributed by atoms with E-state index in [0.29, 0.717) is 18.2 Å². The van der Waals surface area contributed by atoms with Gasteiger partial charge >= 0.3 is 11.9 Å². The molecule has 0 fully saturated rings. The molecular weight excluding hydrogens is 441 g/mol. The summed E-state index contributed by atoms with van der Waals surface area (Å²) in [4.78, 5) is 17.0. The summed E-state index contributed by atoms with van der Waals surface area (Å²) >= 11 is 0. The number of nitrogens with zero attached hydrogens (tertiary/aromatic N) is 4. The summed E-state index contributed by atoms with van der Waals surface area (Å²) in [5.74, 6) is 0.158. The standard InChI is InChI=1S/C22H27F3N4O4/c1-5-16(6-2)33-20-19-14(8-9-26-20)10-15(11-17(19)32-13(4)22(23,24)25)29-21(31)28(7-3)18(12-30)27-29/h8-11,13,16,30H,5-7,12H2,1-4H3/t13-/m0/s1. The van der Waals surface area contributed by atoms with Crippen LogP contribution in [-0.4, -0.2) is 42.8 Å². The van der Waals surface area contributed by atoms with Crippen molar-refractivity contribution in [2.24, 2.45) is 0 Å². The molecular formula is C22H27F3N4O4. The van der Waals surface area contributed by atoms with Gasteiger partial charge in [0.05, 0.1) is 17.2 Å². The highest BCUT2D eigenvalue weighted by Gasteiger charge is 2.38. The molecule has 3 aromatic rings. The molecule has 0 saturated carbocycles. The number of aliphatic hydroxyl groups is 1. The van der Waals surface area contributed by atoms with Crippen molar-refractivity contribution >= 4 is 10.8 Å². The fourth-order valence-corrected chi connectivity index (χ4v) is 3.45. The molecule has 0 bridgehead atoms. The minimum absolute atomic E-state index is 0.134. The van der Waals surface area contributed by atoms with E-state index in [4.69, 9.17) is 9.47 Å². The van der Waals surface area contributed by atoms with E-state index in [1.165, 1.54) is 16.8 Å². The number of rotatable bonds is 9.